The van der Waals surface area contributed by atoms with Gasteiger partial charge in [0, 0.05) is 47.2 Å². The van der Waals surface area contributed by atoms with Gasteiger partial charge in [0.2, 0.25) is 0 Å². The minimum Gasteiger partial charge on any atom is -0.483 e. The maximum Gasteiger partial charge on any atom is 0.290 e. The van der Waals surface area contributed by atoms with Crippen molar-refractivity contribution in [2.75, 3.05) is 19.0 Å². The monoisotopic (exact) mass is 503 g/mol. The molecular weight excluding hydrogens is 479 g/mol. The van der Waals surface area contributed by atoms with Gasteiger partial charge in [-0.15, -0.1) is 11.8 Å². The fourth-order valence-electron chi connectivity index (χ4n) is 2.80. The highest BCUT2D eigenvalue weighted by molar-refractivity contribution is 8.00. The molecule has 0 aliphatic rings. The zero-order chi connectivity index (χ0) is 25.1. The maximum absolute atomic E-state index is 13.4. The van der Waals surface area contributed by atoms with Crippen LogP contribution in [0.15, 0.2) is 47.4 Å². The van der Waals surface area contributed by atoms with E-state index in [1.54, 1.807) is 19.2 Å². The van der Waals surface area contributed by atoms with Gasteiger partial charge >= 0.3 is 0 Å². The van der Waals surface area contributed by atoms with Gasteiger partial charge in [-0.3, -0.25) is 9.59 Å². The Labute approximate surface area is 200 Å². The molecule has 0 fully saturated rings. The van der Waals surface area contributed by atoms with Crippen molar-refractivity contribution in [3.8, 4) is 0 Å². The third-order valence-electron chi connectivity index (χ3n) is 4.38. The van der Waals surface area contributed by atoms with E-state index in [1.807, 2.05) is 6.92 Å². The molecule has 2 aromatic rings. The second-order valence-electron chi connectivity index (χ2n) is 7.14. The standard InChI is InChI=1S/C22H23ClF3NO2S.CH2O2/c1-12(11-29-4)7-13(2)14(3)30-20-8-15(5-6-17(20)23)22(28)27-16-9-18(24)21(26)19(25)10-16;2-1-3/h5-6,8-10,12,14H,2,7,11H2,1,3-4H3,(H,27,28);1H,(H,2,3). The SMILES string of the molecule is C=C(CC(C)COC)C(C)Sc1cc(C(=O)Nc2cc(F)c(F)c(F)c2)ccc1Cl.O=CO. The Bertz CT molecular complexity index is 967. The molecule has 0 aliphatic carbocycles. The number of anilines is 1. The molecule has 1 amide bonds. The van der Waals surface area contributed by atoms with Crippen LogP contribution in [0, 0.1) is 23.4 Å². The third kappa shape index (κ3) is 9.11. The normalized spacial score (nSPS) is 12.2. The highest BCUT2D eigenvalue weighted by Gasteiger charge is 2.17. The largest absolute Gasteiger partial charge is 0.483 e. The number of halogens is 4. The molecule has 2 unspecified atom stereocenters. The smallest absolute Gasteiger partial charge is 0.290 e. The number of hydrogen-bond acceptors (Lipinski definition) is 4. The minimum atomic E-state index is -1.59. The van der Waals surface area contributed by atoms with E-state index < -0.39 is 23.4 Å². The quantitative estimate of drug-likeness (QED) is 0.179. The first-order chi connectivity index (χ1) is 15.5. The van der Waals surface area contributed by atoms with Crippen LogP contribution in [0.3, 0.4) is 0 Å². The lowest BCUT2D eigenvalue weighted by molar-refractivity contribution is -0.122. The molecule has 5 nitrogen and oxygen atoms in total. The number of ether oxygens (including phenoxy) is 1. The van der Waals surface area contributed by atoms with Gasteiger partial charge in [0.15, 0.2) is 17.5 Å². The van der Waals surface area contributed by atoms with Gasteiger partial charge in [-0.25, -0.2) is 13.2 Å². The Morgan fingerprint density at radius 1 is 1.24 bits per heavy atom. The fraction of sp³-hybridized carbons (Fsp3) is 0.304. The van der Waals surface area contributed by atoms with Crippen molar-refractivity contribution in [3.63, 3.8) is 0 Å². The zero-order valence-corrected chi connectivity index (χ0v) is 19.9. The van der Waals surface area contributed by atoms with Crippen molar-refractivity contribution in [1.82, 2.24) is 0 Å². The highest BCUT2D eigenvalue weighted by Crippen LogP contribution is 2.35. The molecule has 0 saturated carbocycles. The average molecular weight is 504 g/mol. The second-order valence-corrected chi connectivity index (χ2v) is 8.93. The van der Waals surface area contributed by atoms with E-state index in [0.717, 1.165) is 24.1 Å². The molecule has 0 heterocycles. The Kier molecular flexibility index (Phi) is 12.0. The fourth-order valence-corrected chi connectivity index (χ4v) is 4.07. The molecule has 0 bridgehead atoms. The molecular formula is C23H25ClF3NO4S. The summed E-state index contributed by atoms with van der Waals surface area (Å²) in [5, 5.41) is 9.76. The number of rotatable bonds is 9. The summed E-state index contributed by atoms with van der Waals surface area (Å²) >= 11 is 7.74. The van der Waals surface area contributed by atoms with Crippen molar-refractivity contribution in [2.45, 2.75) is 30.4 Å². The predicted molar refractivity (Wildman–Crippen MR) is 125 cm³/mol. The minimum absolute atomic E-state index is 0.0420. The molecule has 0 aliphatic heterocycles. The number of benzene rings is 2. The number of hydrogen-bond donors (Lipinski definition) is 2. The van der Waals surface area contributed by atoms with Crippen LogP contribution in [0.5, 0.6) is 0 Å². The lowest BCUT2D eigenvalue weighted by Crippen LogP contribution is -2.13. The van der Waals surface area contributed by atoms with Gasteiger partial charge in [0.05, 0.1) is 5.02 Å². The molecule has 0 aromatic heterocycles. The molecule has 33 heavy (non-hydrogen) atoms. The van der Waals surface area contributed by atoms with E-state index in [0.29, 0.717) is 22.4 Å². The summed E-state index contributed by atoms with van der Waals surface area (Å²) in [6.07, 6.45) is 0.793. The van der Waals surface area contributed by atoms with E-state index in [2.05, 4.69) is 18.8 Å². The summed E-state index contributed by atoms with van der Waals surface area (Å²) in [6.45, 7) is 8.60. The van der Waals surface area contributed by atoms with Gasteiger partial charge in [0.1, 0.15) is 0 Å². The maximum atomic E-state index is 13.4. The van der Waals surface area contributed by atoms with Gasteiger partial charge in [0.25, 0.3) is 12.4 Å². The predicted octanol–water partition coefficient (Wildman–Crippen LogP) is 6.42. The first-order valence-corrected chi connectivity index (χ1v) is 11.0. The van der Waals surface area contributed by atoms with Crippen molar-refractivity contribution in [3.05, 3.63) is 70.5 Å². The molecule has 180 valence electrons. The van der Waals surface area contributed by atoms with E-state index in [9.17, 15) is 18.0 Å². The Hall–Kier alpha value is -2.49. The second kappa shape index (κ2) is 13.9. The molecule has 0 saturated heterocycles. The van der Waals surface area contributed by atoms with Gasteiger partial charge in [-0.1, -0.05) is 30.7 Å². The van der Waals surface area contributed by atoms with Crippen LogP contribution in [0.25, 0.3) is 0 Å². The average Bonchev–Trinajstić information content (AvgIpc) is 2.74. The topological polar surface area (TPSA) is 75.6 Å². The molecule has 2 atom stereocenters. The summed E-state index contributed by atoms with van der Waals surface area (Å²) in [7, 11) is 1.66. The number of carbonyl (C=O) groups excluding carboxylic acids is 1. The van der Waals surface area contributed by atoms with Crippen LogP contribution < -0.4 is 5.32 Å². The van der Waals surface area contributed by atoms with E-state index in [1.165, 1.54) is 17.8 Å². The van der Waals surface area contributed by atoms with Crippen LogP contribution >= 0.6 is 23.4 Å². The number of methoxy groups -OCH3 is 1. The van der Waals surface area contributed by atoms with E-state index in [-0.39, 0.29) is 23.0 Å². The Morgan fingerprint density at radius 2 is 1.82 bits per heavy atom. The van der Waals surface area contributed by atoms with E-state index in [4.69, 9.17) is 26.2 Å². The van der Waals surface area contributed by atoms with Gasteiger partial charge in [-0.05, 0) is 37.5 Å². The Balaban J connectivity index is 0.00000172. The number of amides is 1. The molecule has 2 aromatic carbocycles. The van der Waals surface area contributed by atoms with Crippen molar-refractivity contribution in [1.29, 1.82) is 0 Å². The molecule has 10 heteroatoms. The van der Waals surface area contributed by atoms with Gasteiger partial charge in [-0.2, -0.15) is 0 Å². The van der Waals surface area contributed by atoms with Crippen LogP contribution in [-0.2, 0) is 9.53 Å². The van der Waals surface area contributed by atoms with Crippen molar-refractivity contribution in [2.24, 2.45) is 5.92 Å². The molecule has 0 spiro atoms. The van der Waals surface area contributed by atoms with Crippen LogP contribution in [-0.4, -0.2) is 36.5 Å². The number of nitrogens with one attached hydrogen (secondary N) is 1. The first kappa shape index (κ1) is 28.5. The highest BCUT2D eigenvalue weighted by atomic mass is 35.5. The lowest BCUT2D eigenvalue weighted by atomic mass is 10.0. The number of thioether (sulfide) groups is 1. The summed E-state index contributed by atoms with van der Waals surface area (Å²) in [5.74, 6) is -4.62. The Morgan fingerprint density at radius 3 is 2.36 bits per heavy atom. The lowest BCUT2D eigenvalue weighted by Gasteiger charge is -2.19. The summed E-state index contributed by atoms with van der Waals surface area (Å²) in [6, 6.07) is 6.11. The van der Waals surface area contributed by atoms with Crippen molar-refractivity contribution < 1.29 is 32.6 Å². The molecule has 0 radical (unpaired) electrons. The number of carboxylic acid groups (broad SMARTS) is 1. The summed E-state index contributed by atoms with van der Waals surface area (Å²) in [5.41, 5.74) is 1.08. The van der Waals surface area contributed by atoms with Crippen molar-refractivity contribution >= 4 is 41.4 Å². The van der Waals surface area contributed by atoms with Gasteiger partial charge < -0.3 is 15.2 Å². The van der Waals surface area contributed by atoms with Crippen LogP contribution in [0.4, 0.5) is 18.9 Å². The third-order valence-corrected chi connectivity index (χ3v) is 6.10. The zero-order valence-electron chi connectivity index (χ0n) is 18.3. The van der Waals surface area contributed by atoms with Crippen LogP contribution in [0.2, 0.25) is 5.02 Å². The summed E-state index contributed by atoms with van der Waals surface area (Å²) in [4.78, 5) is 21.5. The van der Waals surface area contributed by atoms with E-state index >= 15 is 0 Å². The summed E-state index contributed by atoms with van der Waals surface area (Å²) < 4.78 is 45.0. The van der Waals surface area contributed by atoms with Crippen LogP contribution in [0.1, 0.15) is 30.6 Å². The first-order valence-electron chi connectivity index (χ1n) is 9.70. The molecule has 2 rings (SSSR count). The molecule has 2 N–H and O–H groups in total. The number of carbonyl (C=O) groups is 2.